The minimum atomic E-state index is -0.343. The zero-order chi connectivity index (χ0) is 20.6. The summed E-state index contributed by atoms with van der Waals surface area (Å²) in [7, 11) is 0. The van der Waals surface area contributed by atoms with Gasteiger partial charge in [0.05, 0.1) is 10.9 Å². The molecule has 4 rings (SSSR count). The first kappa shape index (κ1) is 19.1. The average molecular weight is 388 g/mol. The van der Waals surface area contributed by atoms with Gasteiger partial charge in [-0.2, -0.15) is 0 Å². The second-order valence-corrected chi connectivity index (χ2v) is 7.98. The molecule has 3 aromatic rings. The Kier molecular flexibility index (Phi) is 4.79. The van der Waals surface area contributed by atoms with Gasteiger partial charge in [-0.3, -0.25) is 4.79 Å². The highest BCUT2D eigenvalue weighted by Crippen LogP contribution is 2.36. The highest BCUT2D eigenvalue weighted by molar-refractivity contribution is 5.83. The van der Waals surface area contributed by atoms with Crippen molar-refractivity contribution in [3.8, 4) is 22.6 Å². The molecule has 1 aliphatic rings. The van der Waals surface area contributed by atoms with E-state index < -0.39 is 0 Å². The summed E-state index contributed by atoms with van der Waals surface area (Å²) < 4.78 is 11.8. The van der Waals surface area contributed by atoms with Crippen molar-refractivity contribution in [2.75, 3.05) is 0 Å². The lowest BCUT2D eigenvalue weighted by molar-refractivity contribution is 0.129. The van der Waals surface area contributed by atoms with Crippen molar-refractivity contribution in [3.05, 3.63) is 76.2 Å². The molecule has 4 heteroatoms. The van der Waals surface area contributed by atoms with Crippen LogP contribution in [0.2, 0.25) is 0 Å². The van der Waals surface area contributed by atoms with Gasteiger partial charge in [0.1, 0.15) is 28.9 Å². The van der Waals surface area contributed by atoms with Gasteiger partial charge < -0.3 is 14.3 Å². The number of fused-ring (bicyclic) bond motifs is 2. The maximum Gasteiger partial charge on any atom is 0.200 e. The summed E-state index contributed by atoms with van der Waals surface area (Å²) in [5.41, 5.74) is 3.40. The Bertz CT molecular complexity index is 1200. The van der Waals surface area contributed by atoms with E-state index in [-0.39, 0.29) is 16.8 Å². The standard InChI is InChI=1S/C25H24O4/c1-16(2)5-4-11-25(3)12-10-18-13-17(6-9-22(18)29-25)21-15-28-23-14-19(26)7-8-20(23)24(21)27/h5-10,12-15,26H,4,11H2,1-3H3. The summed E-state index contributed by atoms with van der Waals surface area (Å²) in [4.78, 5) is 12.9. The number of aromatic hydroxyl groups is 1. The third-order valence-electron chi connectivity index (χ3n) is 5.23. The Morgan fingerprint density at radius 1 is 1.17 bits per heavy atom. The molecule has 1 aliphatic heterocycles. The van der Waals surface area contributed by atoms with Gasteiger partial charge in [-0.1, -0.05) is 23.8 Å². The number of phenols is 1. The number of rotatable bonds is 4. The van der Waals surface area contributed by atoms with Crippen LogP contribution in [0, 0.1) is 0 Å². The van der Waals surface area contributed by atoms with E-state index in [1.54, 1.807) is 6.07 Å². The fraction of sp³-hybridized carbons (Fsp3) is 0.240. The van der Waals surface area contributed by atoms with Crippen LogP contribution in [0.3, 0.4) is 0 Å². The lowest BCUT2D eigenvalue weighted by Gasteiger charge is -2.31. The number of ether oxygens (including phenoxy) is 1. The normalized spacial score (nSPS) is 17.6. The molecule has 0 spiro atoms. The Hall–Kier alpha value is -3.27. The van der Waals surface area contributed by atoms with Gasteiger partial charge >= 0.3 is 0 Å². The molecule has 0 bridgehead atoms. The molecule has 1 atom stereocenters. The average Bonchev–Trinajstić information content (AvgIpc) is 2.67. The monoisotopic (exact) mass is 388 g/mol. The first-order valence-corrected chi connectivity index (χ1v) is 9.75. The number of benzene rings is 2. The summed E-state index contributed by atoms with van der Waals surface area (Å²) >= 11 is 0. The van der Waals surface area contributed by atoms with Crippen LogP contribution in [-0.4, -0.2) is 10.7 Å². The molecule has 0 saturated carbocycles. The summed E-state index contributed by atoms with van der Waals surface area (Å²) in [6.07, 6.45) is 9.68. The van der Waals surface area contributed by atoms with E-state index >= 15 is 0 Å². The third kappa shape index (κ3) is 3.83. The molecule has 29 heavy (non-hydrogen) atoms. The van der Waals surface area contributed by atoms with Gasteiger partial charge in [-0.15, -0.1) is 0 Å². The maximum atomic E-state index is 12.9. The zero-order valence-electron chi connectivity index (χ0n) is 16.9. The Balaban J connectivity index is 1.65. The van der Waals surface area contributed by atoms with Crippen molar-refractivity contribution in [1.29, 1.82) is 0 Å². The molecular formula is C25H24O4. The van der Waals surface area contributed by atoms with Crippen LogP contribution in [-0.2, 0) is 0 Å². The van der Waals surface area contributed by atoms with E-state index in [9.17, 15) is 9.90 Å². The predicted octanol–water partition coefficient (Wildman–Crippen LogP) is 6.08. The van der Waals surface area contributed by atoms with Crippen LogP contribution in [0.4, 0.5) is 0 Å². The van der Waals surface area contributed by atoms with E-state index in [0.29, 0.717) is 16.5 Å². The molecule has 0 radical (unpaired) electrons. The molecule has 1 N–H and O–H groups in total. The Morgan fingerprint density at radius 2 is 2.00 bits per heavy atom. The van der Waals surface area contributed by atoms with Gasteiger partial charge in [0, 0.05) is 11.6 Å². The molecule has 148 valence electrons. The van der Waals surface area contributed by atoms with E-state index in [1.165, 1.54) is 24.0 Å². The molecule has 0 aliphatic carbocycles. The second kappa shape index (κ2) is 7.28. The summed E-state index contributed by atoms with van der Waals surface area (Å²) in [6, 6.07) is 10.3. The molecule has 2 heterocycles. The fourth-order valence-corrected chi connectivity index (χ4v) is 3.59. The van der Waals surface area contributed by atoms with Crippen molar-refractivity contribution < 1.29 is 14.3 Å². The van der Waals surface area contributed by atoms with Crippen LogP contribution >= 0.6 is 0 Å². The first-order valence-electron chi connectivity index (χ1n) is 9.75. The molecule has 2 aromatic carbocycles. The van der Waals surface area contributed by atoms with Gasteiger partial charge in [-0.25, -0.2) is 0 Å². The molecule has 0 saturated heterocycles. The molecule has 4 nitrogen and oxygen atoms in total. The van der Waals surface area contributed by atoms with Crippen molar-refractivity contribution in [2.45, 2.75) is 39.2 Å². The van der Waals surface area contributed by atoms with Gasteiger partial charge in [0.15, 0.2) is 5.43 Å². The molecule has 0 fully saturated rings. The number of allylic oxidation sites excluding steroid dienone is 2. The lowest BCUT2D eigenvalue weighted by Crippen LogP contribution is -2.31. The van der Waals surface area contributed by atoms with Gasteiger partial charge in [0.25, 0.3) is 0 Å². The molecule has 1 unspecified atom stereocenters. The van der Waals surface area contributed by atoms with Crippen LogP contribution in [0.25, 0.3) is 28.2 Å². The molecule has 0 amide bonds. The van der Waals surface area contributed by atoms with Crippen LogP contribution < -0.4 is 10.2 Å². The number of phenolic OH excluding ortho intramolecular Hbond substituents is 1. The van der Waals surface area contributed by atoms with Gasteiger partial charge in [-0.05, 0) is 69.5 Å². The minimum absolute atomic E-state index is 0.0668. The van der Waals surface area contributed by atoms with Crippen LogP contribution in [0.5, 0.6) is 11.5 Å². The SMILES string of the molecule is CC(C)=CCCC1(C)C=Cc2cc(-c3coc4cc(O)ccc4c3=O)ccc2O1. The minimum Gasteiger partial charge on any atom is -0.508 e. The largest absolute Gasteiger partial charge is 0.508 e. The van der Waals surface area contributed by atoms with Crippen molar-refractivity contribution in [2.24, 2.45) is 0 Å². The third-order valence-corrected chi connectivity index (χ3v) is 5.23. The van der Waals surface area contributed by atoms with Crippen LogP contribution in [0.15, 0.2) is 69.6 Å². The maximum absolute atomic E-state index is 12.9. The quantitative estimate of drug-likeness (QED) is 0.551. The topological polar surface area (TPSA) is 59.7 Å². The van der Waals surface area contributed by atoms with Crippen molar-refractivity contribution >= 4 is 17.0 Å². The second-order valence-electron chi connectivity index (χ2n) is 7.98. The summed E-state index contributed by atoms with van der Waals surface area (Å²) in [5.74, 6) is 0.878. The first-order chi connectivity index (χ1) is 13.8. The van der Waals surface area contributed by atoms with Gasteiger partial charge in [0.2, 0.25) is 0 Å². The highest BCUT2D eigenvalue weighted by atomic mass is 16.5. The summed E-state index contributed by atoms with van der Waals surface area (Å²) in [5, 5.41) is 10.0. The lowest BCUT2D eigenvalue weighted by atomic mass is 9.93. The smallest absolute Gasteiger partial charge is 0.200 e. The van der Waals surface area contributed by atoms with E-state index in [1.807, 2.05) is 18.2 Å². The van der Waals surface area contributed by atoms with E-state index in [2.05, 4.69) is 39.0 Å². The fourth-order valence-electron chi connectivity index (χ4n) is 3.59. The molecule has 1 aromatic heterocycles. The van der Waals surface area contributed by atoms with E-state index in [0.717, 1.165) is 29.7 Å². The predicted molar refractivity (Wildman–Crippen MR) is 116 cm³/mol. The highest BCUT2D eigenvalue weighted by Gasteiger charge is 2.27. The number of hydrogen-bond acceptors (Lipinski definition) is 4. The van der Waals surface area contributed by atoms with Crippen LogP contribution in [0.1, 0.15) is 39.2 Å². The van der Waals surface area contributed by atoms with Crippen molar-refractivity contribution in [3.63, 3.8) is 0 Å². The zero-order valence-corrected chi connectivity index (χ0v) is 16.9. The molecular weight excluding hydrogens is 364 g/mol. The van der Waals surface area contributed by atoms with E-state index in [4.69, 9.17) is 9.15 Å². The number of hydrogen-bond donors (Lipinski definition) is 1. The Labute approximate surface area is 169 Å². The Morgan fingerprint density at radius 3 is 2.79 bits per heavy atom. The van der Waals surface area contributed by atoms with Crippen molar-refractivity contribution in [1.82, 2.24) is 0 Å². The summed E-state index contributed by atoms with van der Waals surface area (Å²) in [6.45, 7) is 6.29.